The van der Waals surface area contributed by atoms with Crippen LogP contribution < -0.4 is 10.1 Å². The van der Waals surface area contributed by atoms with Crippen molar-refractivity contribution in [3.05, 3.63) is 82.9 Å². The highest BCUT2D eigenvalue weighted by Gasteiger charge is 2.26. The summed E-state index contributed by atoms with van der Waals surface area (Å²) in [7, 11) is 1.66. The molecule has 0 radical (unpaired) electrons. The maximum absolute atomic E-state index is 13.9. The van der Waals surface area contributed by atoms with E-state index in [1.165, 1.54) is 12.1 Å². The Morgan fingerprint density at radius 1 is 1.25 bits per heavy atom. The largest absolute Gasteiger partial charge is 0.496 e. The van der Waals surface area contributed by atoms with Crippen molar-refractivity contribution in [3.63, 3.8) is 0 Å². The number of amides is 1. The molecule has 0 saturated carbocycles. The van der Waals surface area contributed by atoms with Crippen molar-refractivity contribution in [2.75, 3.05) is 7.11 Å². The van der Waals surface area contributed by atoms with Crippen LogP contribution in [0.4, 0.5) is 4.39 Å². The lowest BCUT2D eigenvalue weighted by Gasteiger charge is -2.24. The second-order valence-corrected chi connectivity index (χ2v) is 6.91. The Labute approximate surface area is 163 Å². The first-order valence-corrected chi connectivity index (χ1v) is 9.39. The average Bonchev–Trinajstić information content (AvgIpc) is 3.12. The van der Waals surface area contributed by atoms with Crippen molar-refractivity contribution in [3.8, 4) is 5.75 Å². The molecule has 4 rings (SSSR count). The van der Waals surface area contributed by atoms with Gasteiger partial charge >= 0.3 is 0 Å². The summed E-state index contributed by atoms with van der Waals surface area (Å²) in [6.45, 7) is 0.604. The molecule has 1 aromatic heterocycles. The summed E-state index contributed by atoms with van der Waals surface area (Å²) < 4.78 is 21.3. The van der Waals surface area contributed by atoms with Crippen LogP contribution in [0.15, 0.2) is 54.7 Å². The Hall–Kier alpha value is -3.15. The first-order valence-electron chi connectivity index (χ1n) is 9.39. The smallest absolute Gasteiger partial charge is 0.254 e. The van der Waals surface area contributed by atoms with E-state index in [0.29, 0.717) is 6.54 Å². The van der Waals surface area contributed by atoms with Crippen LogP contribution in [-0.2, 0) is 13.0 Å². The summed E-state index contributed by atoms with van der Waals surface area (Å²) in [5.41, 5.74) is 3.23. The molecule has 0 aliphatic heterocycles. The minimum absolute atomic E-state index is 0.0658. The van der Waals surface area contributed by atoms with Crippen LogP contribution in [0.1, 0.15) is 46.1 Å². The van der Waals surface area contributed by atoms with Crippen LogP contribution in [0.3, 0.4) is 0 Å². The highest BCUT2D eigenvalue weighted by Crippen LogP contribution is 2.31. The molecule has 0 spiro atoms. The molecule has 0 bridgehead atoms. The van der Waals surface area contributed by atoms with Gasteiger partial charge in [0.25, 0.3) is 5.91 Å². The fourth-order valence-electron chi connectivity index (χ4n) is 3.78. The van der Waals surface area contributed by atoms with Gasteiger partial charge < -0.3 is 10.1 Å². The molecule has 1 aliphatic carbocycles. The molecule has 0 fully saturated rings. The number of fused-ring (bicyclic) bond motifs is 1. The van der Waals surface area contributed by atoms with Crippen LogP contribution in [0.25, 0.3) is 0 Å². The van der Waals surface area contributed by atoms with Gasteiger partial charge in [-0.15, -0.1) is 0 Å². The molecule has 0 unspecified atom stereocenters. The molecule has 144 valence electrons. The van der Waals surface area contributed by atoms with Crippen LogP contribution >= 0.6 is 0 Å². The van der Waals surface area contributed by atoms with Gasteiger partial charge in [-0.3, -0.25) is 9.48 Å². The van der Waals surface area contributed by atoms with E-state index in [4.69, 9.17) is 4.74 Å². The summed E-state index contributed by atoms with van der Waals surface area (Å²) >= 11 is 0. The zero-order valence-electron chi connectivity index (χ0n) is 15.7. The molecule has 3 aromatic rings. The lowest BCUT2D eigenvalue weighted by atomic mass is 9.92. The Morgan fingerprint density at radius 2 is 2.04 bits per heavy atom. The third-order valence-electron chi connectivity index (χ3n) is 5.20. The summed E-state index contributed by atoms with van der Waals surface area (Å²) in [6, 6.07) is 13.7. The zero-order chi connectivity index (χ0) is 19.5. The summed E-state index contributed by atoms with van der Waals surface area (Å²) in [6.07, 6.45) is 4.47. The summed E-state index contributed by atoms with van der Waals surface area (Å²) in [5.74, 6) is -0.0803. The van der Waals surface area contributed by atoms with E-state index in [0.717, 1.165) is 41.8 Å². The van der Waals surface area contributed by atoms with Crippen molar-refractivity contribution in [2.24, 2.45) is 0 Å². The Morgan fingerprint density at radius 3 is 2.86 bits per heavy atom. The normalized spacial score (nSPS) is 15.7. The number of para-hydroxylation sites is 1. The topological polar surface area (TPSA) is 56.1 Å². The first kappa shape index (κ1) is 18.2. The van der Waals surface area contributed by atoms with Crippen molar-refractivity contribution >= 4 is 5.91 Å². The summed E-state index contributed by atoms with van der Waals surface area (Å²) in [4.78, 5) is 12.5. The second kappa shape index (κ2) is 7.84. The molecular formula is C22H22FN3O2. The number of nitrogens with zero attached hydrogens (tertiary/aromatic N) is 2. The number of methoxy groups -OCH3 is 1. The molecule has 1 amide bonds. The molecule has 2 aromatic carbocycles. The number of nitrogens with one attached hydrogen (secondary N) is 1. The fourth-order valence-corrected chi connectivity index (χ4v) is 3.78. The molecule has 1 aliphatic rings. The minimum Gasteiger partial charge on any atom is -0.496 e. The van der Waals surface area contributed by atoms with Gasteiger partial charge in [0.2, 0.25) is 0 Å². The minimum atomic E-state index is -0.511. The Kier molecular flexibility index (Phi) is 5.10. The van der Waals surface area contributed by atoms with E-state index in [9.17, 15) is 9.18 Å². The molecule has 6 heteroatoms. The molecular weight excluding hydrogens is 357 g/mol. The molecule has 1 N–H and O–H groups in total. The number of hydrogen-bond donors (Lipinski definition) is 1. The van der Waals surface area contributed by atoms with Gasteiger partial charge in [0, 0.05) is 16.8 Å². The number of carbonyl (C=O) groups is 1. The van der Waals surface area contributed by atoms with Gasteiger partial charge in [-0.1, -0.05) is 30.3 Å². The third kappa shape index (κ3) is 3.50. The van der Waals surface area contributed by atoms with E-state index in [-0.39, 0.29) is 11.6 Å². The predicted molar refractivity (Wildman–Crippen MR) is 104 cm³/mol. The predicted octanol–water partition coefficient (Wildman–Crippen LogP) is 3.89. The van der Waals surface area contributed by atoms with Gasteiger partial charge in [0.15, 0.2) is 0 Å². The van der Waals surface area contributed by atoms with E-state index < -0.39 is 11.7 Å². The number of hydrogen-bond acceptors (Lipinski definition) is 3. The average molecular weight is 379 g/mol. The maximum atomic E-state index is 13.9. The number of ether oxygens (including phenoxy) is 1. The maximum Gasteiger partial charge on any atom is 0.254 e. The first-order chi connectivity index (χ1) is 13.7. The number of carbonyl (C=O) groups excluding carboxylic acids is 1. The quantitative estimate of drug-likeness (QED) is 0.732. The highest BCUT2D eigenvalue weighted by atomic mass is 19.1. The van der Waals surface area contributed by atoms with Crippen LogP contribution in [0, 0.1) is 5.82 Å². The Balaban J connectivity index is 1.56. The lowest BCUT2D eigenvalue weighted by Crippen LogP contribution is -2.31. The number of rotatable bonds is 5. The van der Waals surface area contributed by atoms with Crippen molar-refractivity contribution in [1.82, 2.24) is 15.1 Å². The monoisotopic (exact) mass is 379 g/mol. The number of aromatic nitrogens is 2. The molecule has 0 saturated heterocycles. The molecule has 1 atom stereocenters. The fraction of sp³-hybridized carbons (Fsp3) is 0.273. The number of benzene rings is 2. The van der Waals surface area contributed by atoms with E-state index in [2.05, 4.69) is 10.4 Å². The van der Waals surface area contributed by atoms with Gasteiger partial charge in [0.05, 0.1) is 31.5 Å². The van der Waals surface area contributed by atoms with Crippen molar-refractivity contribution in [2.45, 2.75) is 31.8 Å². The van der Waals surface area contributed by atoms with Crippen LogP contribution in [0.2, 0.25) is 0 Å². The van der Waals surface area contributed by atoms with E-state index in [1.54, 1.807) is 19.2 Å². The van der Waals surface area contributed by atoms with E-state index in [1.807, 2.05) is 35.1 Å². The van der Waals surface area contributed by atoms with Crippen molar-refractivity contribution < 1.29 is 13.9 Å². The standard InChI is InChI=1S/C22H22FN3O2/c1-28-21-12-5-2-7-15(21)14-26-20-11-6-10-19(17(20)13-24-26)25-22(27)16-8-3-4-9-18(16)23/h2-5,7-9,12-13,19H,6,10-11,14H2,1H3,(H,25,27)/t19-/m1/s1. The zero-order valence-corrected chi connectivity index (χ0v) is 15.7. The summed E-state index contributed by atoms with van der Waals surface area (Å²) in [5, 5.41) is 7.53. The highest BCUT2D eigenvalue weighted by molar-refractivity contribution is 5.94. The van der Waals surface area contributed by atoms with Crippen LogP contribution in [0.5, 0.6) is 5.75 Å². The van der Waals surface area contributed by atoms with Crippen LogP contribution in [-0.4, -0.2) is 22.8 Å². The van der Waals surface area contributed by atoms with Gasteiger partial charge in [-0.2, -0.15) is 5.10 Å². The van der Waals surface area contributed by atoms with Gasteiger partial charge in [-0.05, 0) is 37.5 Å². The number of halogens is 1. The third-order valence-corrected chi connectivity index (χ3v) is 5.20. The molecule has 28 heavy (non-hydrogen) atoms. The van der Waals surface area contributed by atoms with Gasteiger partial charge in [0.1, 0.15) is 11.6 Å². The second-order valence-electron chi connectivity index (χ2n) is 6.91. The molecule has 1 heterocycles. The lowest BCUT2D eigenvalue weighted by molar-refractivity contribution is 0.0928. The van der Waals surface area contributed by atoms with Crippen molar-refractivity contribution in [1.29, 1.82) is 0 Å². The SMILES string of the molecule is COc1ccccc1Cn1ncc2c1CCC[C@H]2NC(=O)c1ccccc1F. The van der Waals surface area contributed by atoms with E-state index >= 15 is 0 Å². The van der Waals surface area contributed by atoms with Gasteiger partial charge in [-0.25, -0.2) is 4.39 Å². The Bertz CT molecular complexity index is 999. The molecule has 5 nitrogen and oxygen atoms in total.